The lowest BCUT2D eigenvalue weighted by atomic mass is 10.0. The van der Waals surface area contributed by atoms with Crippen molar-refractivity contribution < 1.29 is 15.0 Å². The van der Waals surface area contributed by atoms with E-state index in [4.69, 9.17) is 11.6 Å². The van der Waals surface area contributed by atoms with Crippen LogP contribution in [0.1, 0.15) is 24.5 Å². The third kappa shape index (κ3) is 2.83. The predicted octanol–water partition coefficient (Wildman–Crippen LogP) is 1.36. The van der Waals surface area contributed by atoms with Crippen molar-refractivity contribution in [2.75, 3.05) is 13.1 Å². The number of carbonyl (C=O) groups is 1. The Morgan fingerprint density at radius 3 is 2.83 bits per heavy atom. The van der Waals surface area contributed by atoms with Crippen LogP contribution in [0.25, 0.3) is 0 Å². The highest BCUT2D eigenvalue weighted by molar-refractivity contribution is 6.31. The van der Waals surface area contributed by atoms with E-state index in [2.05, 4.69) is 0 Å². The molecule has 0 aromatic heterocycles. The van der Waals surface area contributed by atoms with Crippen LogP contribution in [-0.4, -0.2) is 40.2 Å². The molecule has 1 aliphatic heterocycles. The minimum absolute atomic E-state index is 0.278. The van der Waals surface area contributed by atoms with Crippen LogP contribution in [0.5, 0.6) is 0 Å². The van der Waals surface area contributed by atoms with Crippen LogP contribution in [0, 0.1) is 0 Å². The zero-order valence-electron chi connectivity index (χ0n) is 9.92. The van der Waals surface area contributed by atoms with E-state index in [9.17, 15) is 15.0 Å². The number of hydrogen-bond acceptors (Lipinski definition) is 3. The molecule has 4 nitrogen and oxygen atoms in total. The number of halogens is 1. The monoisotopic (exact) mass is 269 g/mol. The number of β-amino-alcohol motifs (C(OH)–C–C–N with tert-alkyl or cyclic N) is 1. The lowest BCUT2D eigenvalue weighted by molar-refractivity contribution is -0.143. The molecule has 1 heterocycles. The second-order valence-electron chi connectivity index (χ2n) is 4.50. The van der Waals surface area contributed by atoms with Gasteiger partial charge in [0.2, 0.25) is 0 Å². The van der Waals surface area contributed by atoms with E-state index in [-0.39, 0.29) is 6.54 Å². The number of nitrogens with zero attached hydrogens (tertiary/aromatic N) is 1. The minimum Gasteiger partial charge on any atom is -0.391 e. The van der Waals surface area contributed by atoms with Crippen molar-refractivity contribution in [3.05, 3.63) is 34.9 Å². The first-order chi connectivity index (χ1) is 8.59. The number of amides is 1. The maximum Gasteiger partial charge on any atom is 0.256 e. The Morgan fingerprint density at radius 1 is 1.44 bits per heavy atom. The van der Waals surface area contributed by atoms with Gasteiger partial charge in [0.1, 0.15) is 0 Å². The number of aliphatic hydroxyl groups excluding tert-OH is 2. The largest absolute Gasteiger partial charge is 0.391 e. The van der Waals surface area contributed by atoms with Crippen LogP contribution in [0.3, 0.4) is 0 Å². The summed E-state index contributed by atoms with van der Waals surface area (Å²) in [7, 11) is 0. The average Bonchev–Trinajstić information content (AvgIpc) is 2.37. The highest BCUT2D eigenvalue weighted by Crippen LogP contribution is 2.25. The molecule has 1 unspecified atom stereocenters. The van der Waals surface area contributed by atoms with E-state index in [1.54, 1.807) is 24.3 Å². The van der Waals surface area contributed by atoms with Gasteiger partial charge in [-0.05, 0) is 18.9 Å². The van der Waals surface area contributed by atoms with E-state index >= 15 is 0 Å². The molecule has 18 heavy (non-hydrogen) atoms. The topological polar surface area (TPSA) is 60.8 Å². The second-order valence-corrected chi connectivity index (χ2v) is 4.91. The second kappa shape index (κ2) is 5.69. The van der Waals surface area contributed by atoms with E-state index in [0.29, 0.717) is 23.6 Å². The molecule has 0 aliphatic carbocycles. The Bertz CT molecular complexity index is 438. The minimum atomic E-state index is -1.26. The third-order valence-corrected chi connectivity index (χ3v) is 3.49. The predicted molar refractivity (Wildman–Crippen MR) is 68.2 cm³/mol. The Hall–Kier alpha value is -1.10. The van der Waals surface area contributed by atoms with Crippen molar-refractivity contribution >= 4 is 17.5 Å². The van der Waals surface area contributed by atoms with Crippen LogP contribution in [-0.2, 0) is 4.79 Å². The summed E-state index contributed by atoms with van der Waals surface area (Å²) < 4.78 is 0. The molecule has 0 bridgehead atoms. The number of rotatable bonds is 2. The molecule has 0 spiro atoms. The van der Waals surface area contributed by atoms with Gasteiger partial charge in [0.05, 0.1) is 6.10 Å². The zero-order valence-corrected chi connectivity index (χ0v) is 10.7. The molecule has 0 radical (unpaired) electrons. The standard InChI is InChI=1S/C13H16ClNO3/c14-11-6-2-1-5-10(11)12(17)13(18)15-7-3-4-9(16)8-15/h1-2,5-6,9,12,16-17H,3-4,7-8H2/t9?,12-/m1/s1. The molecule has 2 N–H and O–H groups in total. The van der Waals surface area contributed by atoms with Gasteiger partial charge in [0, 0.05) is 23.7 Å². The normalized spacial score (nSPS) is 21.7. The smallest absolute Gasteiger partial charge is 0.256 e. The molecule has 1 fully saturated rings. The van der Waals surface area contributed by atoms with E-state index in [1.807, 2.05) is 0 Å². The lowest BCUT2D eigenvalue weighted by Crippen LogP contribution is -2.44. The van der Waals surface area contributed by atoms with Crippen LogP contribution < -0.4 is 0 Å². The van der Waals surface area contributed by atoms with E-state index in [0.717, 1.165) is 6.42 Å². The Labute approximate surface area is 111 Å². The molecule has 5 heteroatoms. The molecule has 1 aliphatic rings. The van der Waals surface area contributed by atoms with Crippen LogP contribution in [0.4, 0.5) is 0 Å². The van der Waals surface area contributed by atoms with Crippen molar-refractivity contribution in [2.45, 2.75) is 25.0 Å². The first-order valence-corrected chi connectivity index (χ1v) is 6.36. The zero-order chi connectivity index (χ0) is 13.1. The van der Waals surface area contributed by atoms with Gasteiger partial charge in [-0.15, -0.1) is 0 Å². The van der Waals surface area contributed by atoms with Crippen LogP contribution in [0.15, 0.2) is 24.3 Å². The fourth-order valence-corrected chi connectivity index (χ4v) is 2.40. The Morgan fingerprint density at radius 2 is 2.17 bits per heavy atom. The maximum absolute atomic E-state index is 12.1. The Kier molecular flexibility index (Phi) is 4.22. The van der Waals surface area contributed by atoms with Crippen molar-refractivity contribution in [3.8, 4) is 0 Å². The van der Waals surface area contributed by atoms with Crippen molar-refractivity contribution in [1.29, 1.82) is 0 Å². The Balaban J connectivity index is 2.11. The van der Waals surface area contributed by atoms with Gasteiger partial charge in [-0.3, -0.25) is 4.79 Å². The van der Waals surface area contributed by atoms with E-state index in [1.165, 1.54) is 4.90 Å². The third-order valence-electron chi connectivity index (χ3n) is 3.14. The van der Waals surface area contributed by atoms with Gasteiger partial charge >= 0.3 is 0 Å². The molecule has 2 rings (SSSR count). The fraction of sp³-hybridized carbons (Fsp3) is 0.462. The molecular weight excluding hydrogens is 254 g/mol. The molecule has 1 aromatic carbocycles. The van der Waals surface area contributed by atoms with Gasteiger partial charge < -0.3 is 15.1 Å². The summed E-state index contributed by atoms with van der Waals surface area (Å²) in [6.07, 6.45) is -0.307. The summed E-state index contributed by atoms with van der Waals surface area (Å²) in [6.45, 7) is 0.845. The maximum atomic E-state index is 12.1. The summed E-state index contributed by atoms with van der Waals surface area (Å²) in [5, 5.41) is 20.0. The summed E-state index contributed by atoms with van der Waals surface area (Å²) in [5.74, 6) is -0.401. The number of hydrogen-bond donors (Lipinski definition) is 2. The summed E-state index contributed by atoms with van der Waals surface area (Å²) in [5.41, 5.74) is 0.407. The summed E-state index contributed by atoms with van der Waals surface area (Å²) in [4.78, 5) is 13.6. The summed E-state index contributed by atoms with van der Waals surface area (Å²) in [6, 6.07) is 6.74. The first-order valence-electron chi connectivity index (χ1n) is 5.99. The molecule has 1 amide bonds. The number of carbonyl (C=O) groups excluding carboxylic acids is 1. The van der Waals surface area contributed by atoms with Crippen LogP contribution in [0.2, 0.25) is 5.02 Å². The van der Waals surface area contributed by atoms with Gasteiger partial charge in [-0.25, -0.2) is 0 Å². The molecule has 2 atom stereocenters. The first kappa shape index (κ1) is 13.3. The lowest BCUT2D eigenvalue weighted by Gasteiger charge is -2.31. The summed E-state index contributed by atoms with van der Waals surface area (Å²) >= 11 is 5.95. The van der Waals surface area contributed by atoms with Gasteiger partial charge in [-0.1, -0.05) is 29.8 Å². The van der Waals surface area contributed by atoms with Crippen molar-refractivity contribution in [1.82, 2.24) is 4.90 Å². The van der Waals surface area contributed by atoms with Crippen molar-refractivity contribution in [2.24, 2.45) is 0 Å². The molecule has 98 valence electrons. The quantitative estimate of drug-likeness (QED) is 0.852. The average molecular weight is 270 g/mol. The van der Waals surface area contributed by atoms with Crippen molar-refractivity contribution in [3.63, 3.8) is 0 Å². The SMILES string of the molecule is O=C([C@H](O)c1ccccc1Cl)N1CCCC(O)C1. The number of aliphatic hydroxyl groups is 2. The van der Waals surface area contributed by atoms with Gasteiger partial charge in [-0.2, -0.15) is 0 Å². The molecule has 1 aromatic rings. The van der Waals surface area contributed by atoms with E-state index < -0.39 is 18.1 Å². The molecular formula is C13H16ClNO3. The number of likely N-dealkylation sites (tertiary alicyclic amines) is 1. The number of piperidine rings is 1. The fourth-order valence-electron chi connectivity index (χ4n) is 2.16. The van der Waals surface area contributed by atoms with Crippen LogP contribution >= 0.6 is 11.6 Å². The van der Waals surface area contributed by atoms with Gasteiger partial charge in [0.25, 0.3) is 5.91 Å². The highest BCUT2D eigenvalue weighted by Gasteiger charge is 2.28. The number of benzene rings is 1. The van der Waals surface area contributed by atoms with Gasteiger partial charge in [0.15, 0.2) is 6.10 Å². The molecule has 0 saturated carbocycles. The highest BCUT2D eigenvalue weighted by atomic mass is 35.5. The molecule has 1 saturated heterocycles.